The van der Waals surface area contributed by atoms with Crippen molar-refractivity contribution >= 4 is 27.5 Å². The number of amides is 2. The van der Waals surface area contributed by atoms with Gasteiger partial charge in [-0.3, -0.25) is 14.3 Å². The molecule has 3 aromatic carbocycles. The maximum atomic E-state index is 13.2. The first kappa shape index (κ1) is 22.5. The largest absolute Gasteiger partial charge is 0.366 e. The highest BCUT2D eigenvalue weighted by Gasteiger charge is 2.33. The molecule has 0 aliphatic heterocycles. The van der Waals surface area contributed by atoms with E-state index in [9.17, 15) is 18.0 Å². The normalized spacial score (nSPS) is 13.4. The van der Waals surface area contributed by atoms with Gasteiger partial charge >= 0.3 is 0 Å². The Kier molecular flexibility index (Phi) is 6.20. The van der Waals surface area contributed by atoms with E-state index in [1.807, 2.05) is 19.1 Å². The topological polar surface area (TPSA) is 110 Å². The SMILES string of the molecule is Cc1ccc(NS(=O)(=O)c2ccc(C(=O)N(Cc3ccc(C(N)=O)cc3)C3CC3)cc2)cc1. The number of nitrogens with one attached hydrogen (secondary N) is 1. The van der Waals surface area contributed by atoms with Gasteiger partial charge in [0.05, 0.1) is 4.90 Å². The fraction of sp³-hybridized carbons (Fsp3) is 0.200. The Morgan fingerprint density at radius 1 is 0.909 bits per heavy atom. The maximum Gasteiger partial charge on any atom is 0.261 e. The third-order valence-corrected chi connectivity index (χ3v) is 6.95. The average Bonchev–Trinajstić information content (AvgIpc) is 3.64. The Morgan fingerprint density at radius 2 is 1.48 bits per heavy atom. The smallest absolute Gasteiger partial charge is 0.261 e. The molecule has 7 nitrogen and oxygen atoms in total. The second-order valence-corrected chi connectivity index (χ2v) is 9.90. The van der Waals surface area contributed by atoms with Gasteiger partial charge in [-0.2, -0.15) is 0 Å². The number of benzene rings is 3. The van der Waals surface area contributed by atoms with Gasteiger partial charge in [-0.05, 0) is 73.9 Å². The molecule has 0 atom stereocenters. The van der Waals surface area contributed by atoms with Crippen LogP contribution in [0.4, 0.5) is 5.69 Å². The lowest BCUT2D eigenvalue weighted by Gasteiger charge is -2.23. The van der Waals surface area contributed by atoms with Crippen LogP contribution in [0.5, 0.6) is 0 Å². The van der Waals surface area contributed by atoms with Gasteiger partial charge in [-0.15, -0.1) is 0 Å². The summed E-state index contributed by atoms with van der Waals surface area (Å²) in [5.74, 6) is -0.657. The van der Waals surface area contributed by atoms with Gasteiger partial charge in [0.2, 0.25) is 5.91 Å². The first-order valence-electron chi connectivity index (χ1n) is 10.6. The molecular formula is C25H25N3O4S. The molecule has 3 aromatic rings. The van der Waals surface area contributed by atoms with Gasteiger partial charge < -0.3 is 10.6 Å². The van der Waals surface area contributed by atoms with Crippen molar-refractivity contribution in [2.45, 2.75) is 37.2 Å². The number of sulfonamides is 1. The second kappa shape index (κ2) is 9.07. The molecule has 0 radical (unpaired) electrons. The van der Waals surface area contributed by atoms with Crippen LogP contribution in [0.3, 0.4) is 0 Å². The van der Waals surface area contributed by atoms with Crippen LogP contribution in [0.25, 0.3) is 0 Å². The summed E-state index contributed by atoms with van der Waals surface area (Å²) in [6.45, 7) is 2.33. The molecule has 0 unspecified atom stereocenters. The van der Waals surface area contributed by atoms with Crippen LogP contribution >= 0.6 is 0 Å². The zero-order valence-electron chi connectivity index (χ0n) is 18.2. The fourth-order valence-electron chi connectivity index (χ4n) is 3.50. The van der Waals surface area contributed by atoms with E-state index in [2.05, 4.69) is 4.72 Å². The van der Waals surface area contributed by atoms with Gasteiger partial charge in [-0.1, -0.05) is 29.8 Å². The minimum atomic E-state index is -3.77. The van der Waals surface area contributed by atoms with Gasteiger partial charge in [0.25, 0.3) is 15.9 Å². The summed E-state index contributed by atoms with van der Waals surface area (Å²) in [5, 5.41) is 0. The van der Waals surface area contributed by atoms with Crippen molar-refractivity contribution in [3.05, 3.63) is 95.1 Å². The number of primary amides is 1. The predicted molar refractivity (Wildman–Crippen MR) is 126 cm³/mol. The van der Waals surface area contributed by atoms with E-state index < -0.39 is 15.9 Å². The number of carbonyl (C=O) groups is 2. The molecule has 1 aliphatic rings. The van der Waals surface area contributed by atoms with Crippen LogP contribution in [0.1, 0.15) is 44.7 Å². The number of hydrogen-bond acceptors (Lipinski definition) is 4. The summed E-state index contributed by atoms with van der Waals surface area (Å²) in [5.41, 5.74) is 8.52. The number of nitrogens with zero attached hydrogens (tertiary/aromatic N) is 1. The van der Waals surface area contributed by atoms with Crippen molar-refractivity contribution in [2.75, 3.05) is 4.72 Å². The lowest BCUT2D eigenvalue weighted by molar-refractivity contribution is 0.0729. The Morgan fingerprint density at radius 3 is 2.03 bits per heavy atom. The van der Waals surface area contributed by atoms with E-state index in [0.29, 0.717) is 23.4 Å². The summed E-state index contributed by atoms with van der Waals surface area (Å²) in [6, 6.07) is 20.0. The molecule has 3 N–H and O–H groups in total. The zero-order valence-corrected chi connectivity index (χ0v) is 19.0. The van der Waals surface area contributed by atoms with Crippen molar-refractivity contribution in [3.8, 4) is 0 Å². The first-order valence-corrected chi connectivity index (χ1v) is 12.1. The van der Waals surface area contributed by atoms with E-state index in [0.717, 1.165) is 24.0 Å². The molecule has 8 heteroatoms. The lowest BCUT2D eigenvalue weighted by atomic mass is 10.1. The summed E-state index contributed by atoms with van der Waals surface area (Å²) < 4.78 is 27.9. The van der Waals surface area contributed by atoms with Crippen LogP contribution < -0.4 is 10.5 Å². The standard InChI is InChI=1S/C25H25N3O4S/c1-17-2-10-21(11-3-17)27-33(31,32)23-14-8-20(9-15-23)25(30)28(22-12-13-22)16-18-4-6-19(7-5-18)24(26)29/h2-11,14-15,22,27H,12-13,16H2,1H3,(H2,26,29). The Balaban J connectivity index is 1.49. The van der Waals surface area contributed by atoms with Crippen molar-refractivity contribution in [2.24, 2.45) is 5.73 Å². The number of anilines is 1. The fourth-order valence-corrected chi connectivity index (χ4v) is 4.56. The lowest BCUT2D eigenvalue weighted by Crippen LogP contribution is -2.32. The minimum absolute atomic E-state index is 0.0830. The highest BCUT2D eigenvalue weighted by molar-refractivity contribution is 7.92. The molecule has 0 bridgehead atoms. The zero-order chi connectivity index (χ0) is 23.6. The summed E-state index contributed by atoms with van der Waals surface area (Å²) in [4.78, 5) is 26.3. The van der Waals surface area contributed by atoms with E-state index >= 15 is 0 Å². The number of carbonyl (C=O) groups excluding carboxylic acids is 2. The Labute approximate surface area is 193 Å². The molecule has 0 saturated heterocycles. The van der Waals surface area contributed by atoms with Gasteiger partial charge in [0.15, 0.2) is 0 Å². The third kappa shape index (κ3) is 5.40. The molecule has 2 amide bonds. The quantitative estimate of drug-likeness (QED) is 0.531. The third-order valence-electron chi connectivity index (χ3n) is 5.56. The highest BCUT2D eigenvalue weighted by atomic mass is 32.2. The highest BCUT2D eigenvalue weighted by Crippen LogP contribution is 2.30. The Hall–Kier alpha value is -3.65. The van der Waals surface area contributed by atoms with Crippen molar-refractivity contribution in [1.29, 1.82) is 0 Å². The van der Waals surface area contributed by atoms with Crippen LogP contribution in [0, 0.1) is 6.92 Å². The molecule has 33 heavy (non-hydrogen) atoms. The minimum Gasteiger partial charge on any atom is -0.366 e. The van der Waals surface area contributed by atoms with Crippen molar-refractivity contribution < 1.29 is 18.0 Å². The Bertz CT molecular complexity index is 1260. The summed E-state index contributed by atoms with van der Waals surface area (Å²) >= 11 is 0. The van der Waals surface area contributed by atoms with E-state index in [4.69, 9.17) is 5.73 Å². The molecular weight excluding hydrogens is 438 g/mol. The number of aryl methyl sites for hydroxylation is 1. The van der Waals surface area contributed by atoms with E-state index in [1.54, 1.807) is 41.3 Å². The number of hydrogen-bond donors (Lipinski definition) is 2. The number of nitrogens with two attached hydrogens (primary N) is 1. The molecule has 1 fully saturated rings. The van der Waals surface area contributed by atoms with Gasteiger partial charge in [0.1, 0.15) is 0 Å². The second-order valence-electron chi connectivity index (χ2n) is 8.22. The molecule has 4 rings (SSSR count). The molecule has 0 aromatic heterocycles. The monoisotopic (exact) mass is 463 g/mol. The van der Waals surface area contributed by atoms with Crippen LogP contribution in [-0.2, 0) is 16.6 Å². The summed E-state index contributed by atoms with van der Waals surface area (Å²) in [6.07, 6.45) is 1.86. The molecule has 0 heterocycles. The molecule has 1 aliphatic carbocycles. The van der Waals surface area contributed by atoms with E-state index in [-0.39, 0.29) is 16.8 Å². The number of rotatable bonds is 8. The van der Waals surface area contributed by atoms with Crippen LogP contribution in [0.2, 0.25) is 0 Å². The van der Waals surface area contributed by atoms with Gasteiger partial charge in [0, 0.05) is 29.4 Å². The van der Waals surface area contributed by atoms with E-state index in [1.165, 1.54) is 24.3 Å². The van der Waals surface area contributed by atoms with Crippen molar-refractivity contribution in [3.63, 3.8) is 0 Å². The maximum absolute atomic E-state index is 13.2. The predicted octanol–water partition coefficient (Wildman–Crippen LogP) is 3.70. The molecule has 170 valence electrons. The van der Waals surface area contributed by atoms with Crippen molar-refractivity contribution in [1.82, 2.24) is 4.90 Å². The average molecular weight is 464 g/mol. The first-order chi connectivity index (χ1) is 15.7. The molecule has 1 saturated carbocycles. The van der Waals surface area contributed by atoms with Crippen LogP contribution in [-0.4, -0.2) is 31.2 Å². The summed E-state index contributed by atoms with van der Waals surface area (Å²) in [7, 11) is -3.77. The molecule has 0 spiro atoms. The van der Waals surface area contributed by atoms with Gasteiger partial charge in [-0.25, -0.2) is 8.42 Å². The van der Waals surface area contributed by atoms with Crippen LogP contribution in [0.15, 0.2) is 77.7 Å².